The first-order chi connectivity index (χ1) is 6.35. The molecule has 2 aliphatic rings. The molecule has 76 valence electrons. The zero-order valence-electron chi connectivity index (χ0n) is 8.43. The fourth-order valence-electron chi connectivity index (χ4n) is 2.23. The minimum atomic E-state index is 0.499. The lowest BCUT2D eigenvalue weighted by Gasteiger charge is -2.15. The summed E-state index contributed by atoms with van der Waals surface area (Å²) in [4.78, 5) is 0. The Morgan fingerprint density at radius 3 is 2.46 bits per heavy atom. The van der Waals surface area contributed by atoms with Gasteiger partial charge in [0.25, 0.3) is 0 Å². The molecule has 2 nitrogen and oxygen atoms in total. The topological polar surface area (TPSA) is 35.2 Å². The Hall–Kier alpha value is -0.0800. The van der Waals surface area contributed by atoms with Crippen LogP contribution in [0.15, 0.2) is 0 Å². The Balaban J connectivity index is 1.58. The van der Waals surface area contributed by atoms with Crippen molar-refractivity contribution < 1.29 is 4.74 Å². The average Bonchev–Trinajstić information content (AvgIpc) is 2.74. The van der Waals surface area contributed by atoms with Crippen molar-refractivity contribution in [2.45, 2.75) is 51.0 Å². The first kappa shape index (κ1) is 9.47. The number of rotatable bonds is 5. The van der Waals surface area contributed by atoms with Crippen LogP contribution in [-0.4, -0.2) is 19.3 Å². The fraction of sp³-hybridized carbons (Fsp3) is 1.00. The van der Waals surface area contributed by atoms with Crippen LogP contribution < -0.4 is 5.73 Å². The molecule has 0 amide bonds. The van der Waals surface area contributed by atoms with E-state index >= 15 is 0 Å². The molecule has 2 fully saturated rings. The van der Waals surface area contributed by atoms with E-state index in [1.807, 2.05) is 0 Å². The number of hydrogen-bond donors (Lipinski definition) is 1. The molecule has 0 unspecified atom stereocenters. The van der Waals surface area contributed by atoms with E-state index in [1.165, 1.54) is 44.9 Å². The molecule has 2 N–H and O–H groups in total. The van der Waals surface area contributed by atoms with Crippen molar-refractivity contribution in [3.05, 3.63) is 0 Å². The van der Waals surface area contributed by atoms with Crippen LogP contribution in [-0.2, 0) is 4.74 Å². The monoisotopic (exact) mass is 183 g/mol. The largest absolute Gasteiger partial charge is 0.378 e. The van der Waals surface area contributed by atoms with Gasteiger partial charge in [-0.3, -0.25) is 0 Å². The first-order valence-electron chi connectivity index (χ1n) is 5.66. The Labute approximate surface area is 80.8 Å². The van der Waals surface area contributed by atoms with Crippen molar-refractivity contribution in [3.8, 4) is 0 Å². The van der Waals surface area contributed by atoms with Gasteiger partial charge in [-0.05, 0) is 44.1 Å². The van der Waals surface area contributed by atoms with E-state index in [1.54, 1.807) is 0 Å². The molecule has 0 aromatic heterocycles. The summed E-state index contributed by atoms with van der Waals surface area (Å²) in [6.07, 6.45) is 9.74. The molecule has 0 radical (unpaired) electrons. The molecular weight excluding hydrogens is 162 g/mol. The molecule has 2 aliphatic carbocycles. The van der Waals surface area contributed by atoms with Crippen molar-refractivity contribution in [3.63, 3.8) is 0 Å². The summed E-state index contributed by atoms with van der Waals surface area (Å²) in [5.74, 6) is 0. The van der Waals surface area contributed by atoms with Gasteiger partial charge in [0, 0.05) is 6.61 Å². The third-order valence-electron chi connectivity index (χ3n) is 3.68. The molecule has 2 heteroatoms. The van der Waals surface area contributed by atoms with Crippen LogP contribution in [0.2, 0.25) is 0 Å². The second-order valence-corrected chi connectivity index (χ2v) is 4.73. The normalized spacial score (nSPS) is 26.5. The van der Waals surface area contributed by atoms with Crippen LogP contribution in [0.3, 0.4) is 0 Å². The van der Waals surface area contributed by atoms with Gasteiger partial charge in [0.05, 0.1) is 6.10 Å². The molecular formula is C11H21NO. The van der Waals surface area contributed by atoms with Crippen LogP contribution >= 0.6 is 0 Å². The van der Waals surface area contributed by atoms with Crippen molar-refractivity contribution in [1.29, 1.82) is 0 Å². The summed E-state index contributed by atoms with van der Waals surface area (Å²) in [5, 5.41) is 0. The highest BCUT2D eigenvalue weighted by atomic mass is 16.5. The second kappa shape index (κ2) is 3.97. The van der Waals surface area contributed by atoms with Gasteiger partial charge in [-0.25, -0.2) is 0 Å². The van der Waals surface area contributed by atoms with E-state index < -0.39 is 0 Å². The first-order valence-corrected chi connectivity index (χ1v) is 5.66. The molecule has 0 saturated heterocycles. The SMILES string of the molecule is NCC1(CCOC2CCCC2)CC1. The van der Waals surface area contributed by atoms with Crippen LogP contribution in [0.1, 0.15) is 44.9 Å². The Morgan fingerprint density at radius 2 is 1.92 bits per heavy atom. The molecule has 0 aromatic carbocycles. The smallest absolute Gasteiger partial charge is 0.0575 e. The van der Waals surface area contributed by atoms with E-state index in [0.717, 1.165) is 13.2 Å². The highest BCUT2D eigenvalue weighted by Crippen LogP contribution is 2.47. The second-order valence-electron chi connectivity index (χ2n) is 4.73. The van der Waals surface area contributed by atoms with Crippen LogP contribution in [0, 0.1) is 5.41 Å². The Morgan fingerprint density at radius 1 is 1.23 bits per heavy atom. The molecule has 0 bridgehead atoms. The number of nitrogens with two attached hydrogens (primary N) is 1. The summed E-state index contributed by atoms with van der Waals surface area (Å²) in [7, 11) is 0. The molecule has 0 aromatic rings. The summed E-state index contributed by atoms with van der Waals surface area (Å²) < 4.78 is 5.83. The van der Waals surface area contributed by atoms with Gasteiger partial charge in [0.1, 0.15) is 0 Å². The minimum Gasteiger partial charge on any atom is -0.378 e. The van der Waals surface area contributed by atoms with Gasteiger partial charge in [0.2, 0.25) is 0 Å². The van der Waals surface area contributed by atoms with Crippen molar-refractivity contribution in [1.82, 2.24) is 0 Å². The van der Waals surface area contributed by atoms with Crippen LogP contribution in [0.4, 0.5) is 0 Å². The van der Waals surface area contributed by atoms with Gasteiger partial charge in [-0.15, -0.1) is 0 Å². The lowest BCUT2D eigenvalue weighted by Crippen LogP contribution is -2.19. The van der Waals surface area contributed by atoms with Gasteiger partial charge in [-0.2, -0.15) is 0 Å². The molecule has 0 aliphatic heterocycles. The van der Waals surface area contributed by atoms with Crippen molar-refractivity contribution >= 4 is 0 Å². The summed E-state index contributed by atoms with van der Waals surface area (Å²) in [6.45, 7) is 1.81. The highest BCUT2D eigenvalue weighted by molar-refractivity contribution is 4.93. The Bertz CT molecular complexity index is 159. The summed E-state index contributed by atoms with van der Waals surface area (Å²) in [5.41, 5.74) is 6.21. The molecule has 0 heterocycles. The zero-order chi connectivity index (χ0) is 9.15. The summed E-state index contributed by atoms with van der Waals surface area (Å²) >= 11 is 0. The van der Waals surface area contributed by atoms with Crippen molar-refractivity contribution in [2.24, 2.45) is 11.1 Å². The third-order valence-corrected chi connectivity index (χ3v) is 3.68. The quantitative estimate of drug-likeness (QED) is 0.708. The number of ether oxygens (including phenoxy) is 1. The molecule has 13 heavy (non-hydrogen) atoms. The molecule has 2 rings (SSSR count). The van der Waals surface area contributed by atoms with E-state index in [0.29, 0.717) is 11.5 Å². The fourth-order valence-corrected chi connectivity index (χ4v) is 2.23. The van der Waals surface area contributed by atoms with Crippen LogP contribution in [0.25, 0.3) is 0 Å². The minimum absolute atomic E-state index is 0.499. The van der Waals surface area contributed by atoms with Crippen molar-refractivity contribution in [2.75, 3.05) is 13.2 Å². The maximum atomic E-state index is 5.83. The molecule has 2 saturated carbocycles. The molecule has 0 spiro atoms. The highest BCUT2D eigenvalue weighted by Gasteiger charge is 2.40. The zero-order valence-corrected chi connectivity index (χ0v) is 8.43. The standard InChI is InChI=1S/C11H21NO/c12-9-11(5-6-11)7-8-13-10-3-1-2-4-10/h10H,1-9,12H2. The maximum Gasteiger partial charge on any atom is 0.0575 e. The molecule has 0 atom stereocenters. The number of hydrogen-bond acceptors (Lipinski definition) is 2. The van der Waals surface area contributed by atoms with Crippen LogP contribution in [0.5, 0.6) is 0 Å². The van der Waals surface area contributed by atoms with Gasteiger partial charge in [0.15, 0.2) is 0 Å². The Kier molecular flexibility index (Phi) is 2.89. The average molecular weight is 183 g/mol. The van der Waals surface area contributed by atoms with Gasteiger partial charge >= 0.3 is 0 Å². The van der Waals surface area contributed by atoms with E-state index in [-0.39, 0.29) is 0 Å². The lowest BCUT2D eigenvalue weighted by molar-refractivity contribution is 0.0477. The summed E-state index contributed by atoms with van der Waals surface area (Å²) in [6, 6.07) is 0. The predicted octanol–water partition coefficient (Wildman–Crippen LogP) is 2.07. The third kappa shape index (κ3) is 2.44. The van der Waals surface area contributed by atoms with E-state index in [2.05, 4.69) is 0 Å². The van der Waals surface area contributed by atoms with Gasteiger partial charge in [-0.1, -0.05) is 12.8 Å². The van der Waals surface area contributed by atoms with E-state index in [9.17, 15) is 0 Å². The van der Waals surface area contributed by atoms with Gasteiger partial charge < -0.3 is 10.5 Å². The van der Waals surface area contributed by atoms with E-state index in [4.69, 9.17) is 10.5 Å². The maximum absolute atomic E-state index is 5.83. The predicted molar refractivity (Wildman–Crippen MR) is 53.5 cm³/mol. The lowest BCUT2D eigenvalue weighted by atomic mass is 10.0.